The number of imidazole rings is 1. The van der Waals surface area contributed by atoms with Gasteiger partial charge in [-0.1, -0.05) is 30.3 Å². The van der Waals surface area contributed by atoms with Crippen LogP contribution in [0, 0.1) is 17.1 Å². The van der Waals surface area contributed by atoms with Crippen molar-refractivity contribution >= 4 is 22.8 Å². The first-order chi connectivity index (χ1) is 17.0. The fraction of sp³-hybridized carbons (Fsp3) is 0.259. The number of methoxy groups -OCH3 is 1. The second kappa shape index (κ2) is 12.1. The number of fused-ring (bicyclic) bond motifs is 1. The van der Waals surface area contributed by atoms with Crippen LogP contribution in [-0.4, -0.2) is 35.4 Å². The molecule has 0 spiro atoms. The quantitative estimate of drug-likeness (QED) is 0.337. The minimum Gasteiger partial charge on any atom is -0.493 e. The Morgan fingerprint density at radius 3 is 2.40 bits per heavy atom. The second-order valence-electron chi connectivity index (χ2n) is 7.62. The largest absolute Gasteiger partial charge is 0.493 e. The number of thioether (sulfide) groups is 1. The summed E-state index contributed by atoms with van der Waals surface area (Å²) in [6.07, 6.45) is 4.08. The van der Waals surface area contributed by atoms with Gasteiger partial charge in [0, 0.05) is 5.56 Å². The molecule has 0 radical (unpaired) electrons. The van der Waals surface area contributed by atoms with E-state index in [9.17, 15) is 14.4 Å². The number of ether oxygens (including phenoxy) is 2. The van der Waals surface area contributed by atoms with Crippen LogP contribution in [0.1, 0.15) is 12.5 Å². The van der Waals surface area contributed by atoms with Gasteiger partial charge in [0.2, 0.25) is 0 Å². The van der Waals surface area contributed by atoms with Crippen molar-refractivity contribution in [2.45, 2.75) is 20.0 Å². The molecule has 0 aliphatic rings. The molecule has 0 atom stereocenters. The van der Waals surface area contributed by atoms with Crippen molar-refractivity contribution in [3.8, 4) is 28.7 Å². The van der Waals surface area contributed by atoms with Gasteiger partial charge in [0.25, 0.3) is 0 Å². The smallest absolute Gasteiger partial charge is 0.330 e. The first-order valence-corrected chi connectivity index (χ1v) is 12.7. The predicted octanol–water partition coefficient (Wildman–Crippen LogP) is 5.57. The second-order valence-corrected chi connectivity index (χ2v) is 8.44. The number of benzene rings is 3. The molecule has 0 aliphatic heterocycles. The predicted molar refractivity (Wildman–Crippen MR) is 140 cm³/mol. The van der Waals surface area contributed by atoms with Crippen molar-refractivity contribution in [3.63, 3.8) is 0 Å². The van der Waals surface area contributed by atoms with E-state index >= 15 is 0 Å². The Hall–Kier alpha value is -3.70. The number of halogens is 1. The molecule has 0 amide bonds. The summed E-state index contributed by atoms with van der Waals surface area (Å²) in [6, 6.07) is 19.4. The maximum atomic E-state index is 14.3. The zero-order chi connectivity index (χ0) is 25.4. The van der Waals surface area contributed by atoms with Gasteiger partial charge in [-0.25, -0.2) is 9.18 Å². The highest BCUT2D eigenvalue weighted by molar-refractivity contribution is 7.97. The fourth-order valence-corrected chi connectivity index (χ4v) is 3.83. The average molecular weight is 494 g/mol. The van der Waals surface area contributed by atoms with Crippen LogP contribution in [0.5, 0.6) is 11.5 Å². The average Bonchev–Trinajstić information content (AvgIpc) is 3.11. The van der Waals surface area contributed by atoms with E-state index in [-0.39, 0.29) is 24.6 Å². The molecule has 4 aromatic rings. The van der Waals surface area contributed by atoms with Crippen LogP contribution in [0.25, 0.3) is 22.2 Å². The molecule has 8 heteroatoms. The first-order valence-electron chi connectivity index (χ1n) is 11.0. The Labute approximate surface area is 208 Å². The van der Waals surface area contributed by atoms with Gasteiger partial charge >= 0.3 is 5.69 Å². The van der Waals surface area contributed by atoms with E-state index < -0.39 is 0 Å². The molecule has 0 unspecified atom stereocenters. The lowest BCUT2D eigenvalue weighted by Crippen LogP contribution is -2.24. The number of nitrogens with zero attached hydrogens (tertiary/aromatic N) is 3. The summed E-state index contributed by atoms with van der Waals surface area (Å²) in [7, 11) is 1.57. The van der Waals surface area contributed by atoms with Gasteiger partial charge in [0.05, 0.1) is 37.4 Å². The Kier molecular flexibility index (Phi) is 8.98. The highest BCUT2D eigenvalue weighted by Crippen LogP contribution is 2.30. The summed E-state index contributed by atoms with van der Waals surface area (Å²) in [5.41, 5.74) is 2.87. The van der Waals surface area contributed by atoms with Gasteiger partial charge in [-0.2, -0.15) is 17.0 Å². The van der Waals surface area contributed by atoms with Crippen molar-refractivity contribution in [1.29, 1.82) is 5.26 Å². The lowest BCUT2D eigenvalue weighted by atomic mass is 10.0. The highest BCUT2D eigenvalue weighted by atomic mass is 32.2. The van der Waals surface area contributed by atoms with Crippen molar-refractivity contribution in [2.24, 2.45) is 0 Å². The lowest BCUT2D eigenvalue weighted by Gasteiger charge is -2.11. The Morgan fingerprint density at radius 2 is 1.74 bits per heavy atom. The van der Waals surface area contributed by atoms with Crippen LogP contribution in [-0.2, 0) is 13.1 Å². The number of nitriles is 1. The van der Waals surface area contributed by atoms with Crippen LogP contribution >= 0.6 is 11.8 Å². The Morgan fingerprint density at radius 1 is 1.00 bits per heavy atom. The molecule has 1 aromatic heterocycles. The summed E-state index contributed by atoms with van der Waals surface area (Å²) in [5.74, 6) is 0.870. The minimum atomic E-state index is -0.345. The zero-order valence-corrected chi connectivity index (χ0v) is 21.1. The molecule has 35 heavy (non-hydrogen) atoms. The molecular formula is C27H28FN3O3S. The molecule has 0 N–H and O–H groups in total. The molecule has 1 heterocycles. The van der Waals surface area contributed by atoms with Crippen LogP contribution in [0.2, 0.25) is 0 Å². The van der Waals surface area contributed by atoms with Crippen LogP contribution in [0.15, 0.2) is 65.5 Å². The first kappa shape index (κ1) is 25.9. The van der Waals surface area contributed by atoms with E-state index in [1.54, 1.807) is 65.9 Å². The summed E-state index contributed by atoms with van der Waals surface area (Å²) >= 11 is 1.75. The third-order valence-corrected chi connectivity index (χ3v) is 5.30. The highest BCUT2D eigenvalue weighted by Gasteiger charge is 2.16. The van der Waals surface area contributed by atoms with Crippen LogP contribution in [0.3, 0.4) is 0 Å². The number of hydrogen-bond donors (Lipinski definition) is 0. The normalized spacial score (nSPS) is 10.4. The standard InChI is InChI=1S/C25H22FN3O3.C2H6S/c1-3-32-24-14-17(8-11-23(24)31-2)16-29-21-10-9-18(19-6-4-5-7-20(19)26)15-22(21)28(13-12-27)25(29)30;1-3-2/h4-11,14-15H,3,13,16H2,1-2H3;1-2H3. The number of aromatic nitrogens is 2. The molecule has 0 aliphatic carbocycles. The number of hydrogen-bond acceptors (Lipinski definition) is 5. The molecule has 0 saturated heterocycles. The van der Waals surface area contributed by atoms with Gasteiger partial charge in [-0.3, -0.25) is 9.13 Å². The fourth-order valence-electron chi connectivity index (χ4n) is 3.83. The SMILES string of the molecule is CCOc1cc(Cn2c(=O)n(CC#N)c3cc(-c4ccccc4F)ccc32)ccc1OC.CSC. The van der Waals surface area contributed by atoms with Gasteiger partial charge in [0.1, 0.15) is 12.4 Å². The maximum Gasteiger partial charge on any atom is 0.330 e. The van der Waals surface area contributed by atoms with Crippen LogP contribution < -0.4 is 15.2 Å². The molecule has 3 aromatic carbocycles. The van der Waals surface area contributed by atoms with E-state index in [0.29, 0.717) is 40.3 Å². The Bertz CT molecular complexity index is 1410. The molecule has 182 valence electrons. The topological polar surface area (TPSA) is 69.2 Å². The summed E-state index contributed by atoms with van der Waals surface area (Å²) < 4.78 is 28.3. The number of rotatable bonds is 7. The van der Waals surface area contributed by atoms with Crippen molar-refractivity contribution in [3.05, 3.63) is 82.5 Å². The molecular weight excluding hydrogens is 465 g/mol. The van der Waals surface area contributed by atoms with Gasteiger partial charge in [-0.05, 0) is 60.9 Å². The van der Waals surface area contributed by atoms with E-state index in [2.05, 4.69) is 0 Å². The summed E-state index contributed by atoms with van der Waals surface area (Å²) in [6.45, 7) is 2.56. The zero-order valence-electron chi connectivity index (χ0n) is 20.2. The minimum absolute atomic E-state index is 0.101. The van der Waals surface area contributed by atoms with Gasteiger partial charge in [0.15, 0.2) is 11.5 Å². The molecule has 6 nitrogen and oxygen atoms in total. The third kappa shape index (κ3) is 5.69. The van der Waals surface area contributed by atoms with Gasteiger partial charge in [-0.15, -0.1) is 0 Å². The molecule has 0 saturated carbocycles. The van der Waals surface area contributed by atoms with E-state index in [1.807, 2.05) is 37.6 Å². The molecule has 0 bridgehead atoms. The summed E-state index contributed by atoms with van der Waals surface area (Å²) in [4.78, 5) is 13.2. The van der Waals surface area contributed by atoms with Crippen molar-refractivity contribution < 1.29 is 13.9 Å². The summed E-state index contributed by atoms with van der Waals surface area (Å²) in [5, 5.41) is 9.28. The van der Waals surface area contributed by atoms with Crippen molar-refractivity contribution in [1.82, 2.24) is 9.13 Å². The third-order valence-electron chi connectivity index (χ3n) is 5.30. The van der Waals surface area contributed by atoms with Crippen molar-refractivity contribution in [2.75, 3.05) is 26.2 Å². The lowest BCUT2D eigenvalue weighted by molar-refractivity contribution is 0.310. The van der Waals surface area contributed by atoms with E-state index in [1.165, 1.54) is 10.6 Å². The van der Waals surface area contributed by atoms with Crippen LogP contribution in [0.4, 0.5) is 4.39 Å². The van der Waals surface area contributed by atoms with E-state index in [0.717, 1.165) is 5.56 Å². The molecule has 0 fully saturated rings. The Balaban J connectivity index is 0.00000108. The van der Waals surface area contributed by atoms with E-state index in [4.69, 9.17) is 9.47 Å². The maximum absolute atomic E-state index is 14.3. The monoisotopic (exact) mass is 493 g/mol. The molecule has 4 rings (SSSR count). The van der Waals surface area contributed by atoms with Gasteiger partial charge < -0.3 is 9.47 Å².